The zero-order chi connectivity index (χ0) is 14.9. The van der Waals surface area contributed by atoms with Gasteiger partial charge in [0.15, 0.2) is 0 Å². The minimum atomic E-state index is 0.0307. The van der Waals surface area contributed by atoms with E-state index in [1.165, 1.54) is 0 Å². The Morgan fingerprint density at radius 2 is 1.90 bits per heavy atom. The van der Waals surface area contributed by atoms with E-state index in [0.29, 0.717) is 28.1 Å². The molecule has 0 aliphatic rings. The summed E-state index contributed by atoms with van der Waals surface area (Å²) in [4.78, 5) is 0. The van der Waals surface area contributed by atoms with Crippen LogP contribution in [-0.4, -0.2) is 15.8 Å². The van der Waals surface area contributed by atoms with Gasteiger partial charge in [0.25, 0.3) is 0 Å². The molecule has 0 aliphatic heterocycles. The van der Waals surface area contributed by atoms with Gasteiger partial charge in [0, 0.05) is 28.7 Å². The molecule has 4 nitrogen and oxygen atoms in total. The lowest BCUT2D eigenvalue weighted by molar-refractivity contribution is 0.424. The number of nitrogens with two attached hydrogens (primary N) is 1. The minimum absolute atomic E-state index is 0.0307. The fraction of sp³-hybridized carbons (Fsp3) is 0.357. The summed E-state index contributed by atoms with van der Waals surface area (Å²) in [5.41, 5.74) is 7.79. The maximum absolute atomic E-state index is 5.98. The topological polar surface area (TPSA) is 53.1 Å². The average molecular weight is 314 g/mol. The van der Waals surface area contributed by atoms with Gasteiger partial charge in [-0.1, -0.05) is 23.2 Å². The van der Waals surface area contributed by atoms with Gasteiger partial charge in [-0.05, 0) is 38.5 Å². The van der Waals surface area contributed by atoms with Crippen molar-refractivity contribution >= 4 is 23.2 Å². The van der Waals surface area contributed by atoms with Crippen LogP contribution in [-0.2, 0) is 13.5 Å². The predicted octanol–water partition coefficient (Wildman–Crippen LogP) is 3.72. The van der Waals surface area contributed by atoms with E-state index >= 15 is 0 Å². The number of halogens is 2. The van der Waals surface area contributed by atoms with Crippen LogP contribution < -0.4 is 10.5 Å². The summed E-state index contributed by atoms with van der Waals surface area (Å²) in [5.74, 6) is 1.24. The summed E-state index contributed by atoms with van der Waals surface area (Å²) in [6.45, 7) is 3.89. The Morgan fingerprint density at radius 3 is 2.45 bits per heavy atom. The second-order valence-electron chi connectivity index (χ2n) is 4.88. The summed E-state index contributed by atoms with van der Waals surface area (Å²) >= 11 is 12.0. The van der Waals surface area contributed by atoms with Gasteiger partial charge in [-0.3, -0.25) is 0 Å². The lowest BCUT2D eigenvalue weighted by atomic mass is 10.1. The lowest BCUT2D eigenvalue weighted by Gasteiger charge is -2.11. The van der Waals surface area contributed by atoms with Crippen molar-refractivity contribution in [1.82, 2.24) is 9.78 Å². The zero-order valence-electron chi connectivity index (χ0n) is 11.7. The van der Waals surface area contributed by atoms with Crippen molar-refractivity contribution in [1.29, 1.82) is 0 Å². The molecule has 20 heavy (non-hydrogen) atoms. The second-order valence-corrected chi connectivity index (χ2v) is 5.75. The Bertz CT molecular complexity index is 603. The molecular weight excluding hydrogens is 297 g/mol. The zero-order valence-corrected chi connectivity index (χ0v) is 13.2. The molecule has 1 heterocycles. The van der Waals surface area contributed by atoms with Crippen LogP contribution in [0.15, 0.2) is 18.2 Å². The standard InChI is InChI=1S/C14H17Cl2N3O/c1-8(17)4-13-9(2)18-19(3)14(13)20-12-6-10(15)5-11(16)7-12/h5-8H,4,17H2,1-3H3. The maximum Gasteiger partial charge on any atom is 0.221 e. The van der Waals surface area contributed by atoms with Gasteiger partial charge in [-0.2, -0.15) is 5.10 Å². The van der Waals surface area contributed by atoms with Crippen molar-refractivity contribution in [3.05, 3.63) is 39.5 Å². The third-order valence-electron chi connectivity index (χ3n) is 2.87. The Balaban J connectivity index is 2.37. The summed E-state index contributed by atoms with van der Waals surface area (Å²) in [5, 5.41) is 5.43. The van der Waals surface area contributed by atoms with Crippen molar-refractivity contribution < 1.29 is 4.74 Å². The Morgan fingerprint density at radius 1 is 1.30 bits per heavy atom. The van der Waals surface area contributed by atoms with Crippen molar-refractivity contribution in [3.8, 4) is 11.6 Å². The molecule has 2 N–H and O–H groups in total. The summed E-state index contributed by atoms with van der Waals surface area (Å²) in [7, 11) is 1.83. The molecule has 6 heteroatoms. The lowest BCUT2D eigenvalue weighted by Crippen LogP contribution is -2.18. The molecule has 0 bridgehead atoms. The summed E-state index contributed by atoms with van der Waals surface area (Å²) in [6.07, 6.45) is 0.698. The molecule has 2 rings (SSSR count). The van der Waals surface area contributed by atoms with Crippen LogP contribution in [0.4, 0.5) is 0 Å². The van der Waals surface area contributed by atoms with Gasteiger partial charge in [0.05, 0.1) is 5.69 Å². The van der Waals surface area contributed by atoms with Crippen molar-refractivity contribution in [2.24, 2.45) is 12.8 Å². The number of aromatic nitrogens is 2. The number of hydrogen-bond acceptors (Lipinski definition) is 3. The van der Waals surface area contributed by atoms with Crippen molar-refractivity contribution in [2.45, 2.75) is 26.3 Å². The molecule has 0 saturated carbocycles. The van der Waals surface area contributed by atoms with Gasteiger partial charge in [-0.15, -0.1) is 0 Å². The molecule has 0 spiro atoms. The van der Waals surface area contributed by atoms with Crippen LogP contribution in [0, 0.1) is 6.92 Å². The molecular formula is C14H17Cl2N3O. The van der Waals surface area contributed by atoms with Gasteiger partial charge in [0.1, 0.15) is 5.75 Å². The molecule has 108 valence electrons. The predicted molar refractivity (Wildman–Crippen MR) is 81.8 cm³/mol. The Labute approximate surface area is 128 Å². The molecule has 0 aliphatic carbocycles. The first kappa shape index (κ1) is 15.2. The van der Waals surface area contributed by atoms with Crippen LogP contribution in [0.2, 0.25) is 10.0 Å². The normalized spacial score (nSPS) is 12.5. The van der Waals surface area contributed by atoms with Crippen LogP contribution >= 0.6 is 23.2 Å². The highest BCUT2D eigenvalue weighted by Gasteiger charge is 2.17. The van der Waals surface area contributed by atoms with E-state index in [-0.39, 0.29) is 6.04 Å². The van der Waals surface area contributed by atoms with E-state index in [2.05, 4.69) is 5.10 Å². The molecule has 1 aromatic heterocycles. The summed E-state index contributed by atoms with van der Waals surface area (Å²) < 4.78 is 7.60. The quantitative estimate of drug-likeness (QED) is 0.936. The number of hydrogen-bond donors (Lipinski definition) is 1. The number of aryl methyl sites for hydroxylation is 2. The van der Waals surface area contributed by atoms with Crippen molar-refractivity contribution in [2.75, 3.05) is 0 Å². The molecule has 0 amide bonds. The molecule has 1 atom stereocenters. The third-order valence-corrected chi connectivity index (χ3v) is 3.30. The smallest absolute Gasteiger partial charge is 0.221 e. The monoisotopic (exact) mass is 313 g/mol. The van der Waals surface area contributed by atoms with E-state index in [1.54, 1.807) is 22.9 Å². The first-order valence-electron chi connectivity index (χ1n) is 6.29. The molecule has 0 saturated heterocycles. The highest BCUT2D eigenvalue weighted by molar-refractivity contribution is 6.34. The Hall–Kier alpha value is -1.23. The number of benzene rings is 1. The van der Waals surface area contributed by atoms with Crippen LogP contribution in [0.3, 0.4) is 0 Å². The van der Waals surface area contributed by atoms with Gasteiger partial charge in [-0.25, -0.2) is 4.68 Å². The van der Waals surface area contributed by atoms with Gasteiger partial charge < -0.3 is 10.5 Å². The van der Waals surface area contributed by atoms with E-state index < -0.39 is 0 Å². The largest absolute Gasteiger partial charge is 0.439 e. The van der Waals surface area contributed by atoms with Gasteiger partial charge in [0.2, 0.25) is 5.88 Å². The molecule has 0 radical (unpaired) electrons. The number of ether oxygens (including phenoxy) is 1. The number of rotatable bonds is 4. The molecule has 2 aromatic rings. The first-order valence-corrected chi connectivity index (χ1v) is 7.04. The molecule has 1 unspecified atom stereocenters. The fourth-order valence-electron chi connectivity index (χ4n) is 2.06. The Kier molecular flexibility index (Phi) is 4.58. The highest BCUT2D eigenvalue weighted by Crippen LogP contribution is 2.31. The molecule has 0 fully saturated rings. The van der Waals surface area contributed by atoms with E-state index in [9.17, 15) is 0 Å². The van der Waals surface area contributed by atoms with Crippen LogP contribution in [0.5, 0.6) is 11.6 Å². The fourth-order valence-corrected chi connectivity index (χ4v) is 2.57. The summed E-state index contributed by atoms with van der Waals surface area (Å²) in [6, 6.07) is 5.12. The van der Waals surface area contributed by atoms with E-state index in [1.807, 2.05) is 20.9 Å². The average Bonchev–Trinajstić information content (AvgIpc) is 2.54. The van der Waals surface area contributed by atoms with Crippen molar-refractivity contribution in [3.63, 3.8) is 0 Å². The molecule has 1 aromatic carbocycles. The van der Waals surface area contributed by atoms with Crippen LogP contribution in [0.25, 0.3) is 0 Å². The first-order chi connectivity index (χ1) is 9.36. The second kappa shape index (κ2) is 6.04. The SMILES string of the molecule is Cc1nn(C)c(Oc2cc(Cl)cc(Cl)c2)c1CC(C)N. The van der Waals surface area contributed by atoms with E-state index in [4.69, 9.17) is 33.7 Å². The van der Waals surface area contributed by atoms with E-state index in [0.717, 1.165) is 11.3 Å². The highest BCUT2D eigenvalue weighted by atomic mass is 35.5. The van der Waals surface area contributed by atoms with Gasteiger partial charge >= 0.3 is 0 Å². The maximum atomic E-state index is 5.98. The minimum Gasteiger partial charge on any atom is -0.439 e. The van der Waals surface area contributed by atoms with Crippen LogP contribution in [0.1, 0.15) is 18.2 Å². The number of nitrogens with zero attached hydrogens (tertiary/aromatic N) is 2. The third kappa shape index (κ3) is 3.45.